The largest absolute Gasteiger partial charge is 0.508 e. The van der Waals surface area contributed by atoms with E-state index in [1.54, 1.807) is 6.92 Å². The van der Waals surface area contributed by atoms with E-state index in [1.165, 1.54) is 24.3 Å². The summed E-state index contributed by atoms with van der Waals surface area (Å²) in [6, 6.07) is 14.3. The highest BCUT2D eigenvalue weighted by atomic mass is 32.2. The predicted molar refractivity (Wildman–Crippen MR) is 120 cm³/mol. The SMILES string of the molecule is C[C@H](N1CCC(O)(c2ccccc2)CC1)[C@@](O)(CS(=O)(=O)O)c1ccc(O)cc1.O.O.O. The zero-order valence-electron chi connectivity index (χ0n) is 17.8. The minimum absolute atomic E-state index is 0. The van der Waals surface area contributed by atoms with Gasteiger partial charge in [0, 0.05) is 19.1 Å². The lowest BCUT2D eigenvalue weighted by atomic mass is 9.82. The van der Waals surface area contributed by atoms with E-state index < -0.39 is 33.1 Å². The Hall–Kier alpha value is -2.09. The number of aromatic hydroxyl groups is 1. The first kappa shape index (κ1) is 29.9. The number of likely N-dealkylation sites (tertiary alicyclic amines) is 1. The van der Waals surface area contributed by atoms with Crippen LogP contribution in [0.25, 0.3) is 0 Å². The molecule has 10 N–H and O–H groups in total. The van der Waals surface area contributed by atoms with Crippen LogP contribution in [0, 0.1) is 0 Å². The monoisotopic (exact) mass is 475 g/mol. The third kappa shape index (κ3) is 6.47. The molecule has 11 heteroatoms. The van der Waals surface area contributed by atoms with Crippen LogP contribution in [0.15, 0.2) is 54.6 Å². The van der Waals surface area contributed by atoms with E-state index in [-0.39, 0.29) is 27.7 Å². The van der Waals surface area contributed by atoms with Crippen molar-refractivity contribution in [2.45, 2.75) is 37.0 Å². The van der Waals surface area contributed by atoms with Crippen molar-refractivity contribution in [1.82, 2.24) is 4.90 Å². The third-order valence-corrected chi connectivity index (χ3v) is 6.75. The Bertz CT molecular complexity index is 930. The molecule has 0 aliphatic carbocycles. The summed E-state index contributed by atoms with van der Waals surface area (Å²) in [5.74, 6) is -0.882. The summed E-state index contributed by atoms with van der Waals surface area (Å²) in [5.41, 5.74) is -1.75. The molecule has 2 atom stereocenters. The molecule has 32 heavy (non-hydrogen) atoms. The van der Waals surface area contributed by atoms with Gasteiger partial charge in [-0.1, -0.05) is 42.5 Å². The molecule has 10 nitrogen and oxygen atoms in total. The second-order valence-electron chi connectivity index (χ2n) is 7.81. The number of benzene rings is 2. The molecule has 0 aromatic heterocycles. The molecule has 1 aliphatic heterocycles. The topological polar surface area (TPSA) is 213 Å². The van der Waals surface area contributed by atoms with Crippen LogP contribution in [-0.4, -0.2) is 74.5 Å². The fraction of sp³-hybridized carbons (Fsp3) is 0.429. The first-order chi connectivity index (χ1) is 13.5. The van der Waals surface area contributed by atoms with Crippen molar-refractivity contribution in [2.75, 3.05) is 18.8 Å². The summed E-state index contributed by atoms with van der Waals surface area (Å²) in [7, 11) is -4.48. The first-order valence-electron chi connectivity index (χ1n) is 9.52. The highest BCUT2D eigenvalue weighted by Crippen LogP contribution is 2.37. The van der Waals surface area contributed by atoms with Gasteiger partial charge in [-0.3, -0.25) is 9.45 Å². The molecule has 1 fully saturated rings. The number of hydrogen-bond acceptors (Lipinski definition) is 6. The number of phenols is 1. The molecule has 2 aromatic rings. The van der Waals surface area contributed by atoms with Crippen LogP contribution in [0.2, 0.25) is 0 Å². The Balaban J connectivity index is 0.00000320. The van der Waals surface area contributed by atoms with E-state index in [2.05, 4.69) is 0 Å². The molecule has 2 aromatic carbocycles. The van der Waals surface area contributed by atoms with Crippen LogP contribution < -0.4 is 0 Å². The zero-order chi connectivity index (χ0) is 21.3. The van der Waals surface area contributed by atoms with Crippen LogP contribution in [-0.2, 0) is 21.3 Å². The lowest BCUT2D eigenvalue weighted by molar-refractivity contribution is -0.0779. The van der Waals surface area contributed by atoms with E-state index in [9.17, 15) is 28.3 Å². The minimum atomic E-state index is -4.48. The molecule has 3 rings (SSSR count). The first-order valence-corrected chi connectivity index (χ1v) is 11.1. The van der Waals surface area contributed by atoms with Crippen molar-refractivity contribution in [3.05, 3.63) is 65.7 Å². The van der Waals surface area contributed by atoms with Gasteiger partial charge >= 0.3 is 0 Å². The smallest absolute Gasteiger partial charge is 0.268 e. The third-order valence-electron chi connectivity index (χ3n) is 5.94. The second-order valence-corrected chi connectivity index (χ2v) is 9.26. The Morgan fingerprint density at radius 2 is 1.50 bits per heavy atom. The highest BCUT2D eigenvalue weighted by Gasteiger charge is 2.45. The van der Waals surface area contributed by atoms with Gasteiger partial charge in [-0.2, -0.15) is 8.42 Å². The lowest BCUT2D eigenvalue weighted by Crippen LogP contribution is -2.56. The van der Waals surface area contributed by atoms with E-state index in [4.69, 9.17) is 0 Å². The normalized spacial score (nSPS) is 18.8. The molecular formula is C21H33NO9S. The molecule has 0 bridgehead atoms. The number of phenolic OH excluding ortho intramolecular Hbond substituents is 1. The summed E-state index contributed by atoms with van der Waals surface area (Å²) in [6.07, 6.45) is 0.859. The molecule has 0 amide bonds. The number of nitrogens with zero attached hydrogens (tertiary/aromatic N) is 1. The van der Waals surface area contributed by atoms with E-state index in [0.29, 0.717) is 25.9 Å². The maximum atomic E-state index is 11.7. The quantitative estimate of drug-likeness (QED) is 0.396. The average molecular weight is 476 g/mol. The Morgan fingerprint density at radius 3 is 1.97 bits per heavy atom. The Kier molecular flexibility index (Phi) is 10.4. The Morgan fingerprint density at radius 1 is 1.00 bits per heavy atom. The van der Waals surface area contributed by atoms with Crippen LogP contribution in [0.3, 0.4) is 0 Å². The minimum Gasteiger partial charge on any atom is -0.508 e. The molecule has 0 radical (unpaired) electrons. The van der Waals surface area contributed by atoms with Gasteiger partial charge in [0.05, 0.1) is 5.60 Å². The van der Waals surface area contributed by atoms with Crippen LogP contribution >= 0.6 is 0 Å². The van der Waals surface area contributed by atoms with Crippen molar-refractivity contribution in [1.29, 1.82) is 0 Å². The lowest BCUT2D eigenvalue weighted by Gasteiger charge is -2.46. The summed E-state index contributed by atoms with van der Waals surface area (Å²) >= 11 is 0. The summed E-state index contributed by atoms with van der Waals surface area (Å²) in [4.78, 5) is 1.91. The fourth-order valence-electron chi connectivity index (χ4n) is 4.09. The fourth-order valence-corrected chi connectivity index (χ4v) is 5.06. The molecule has 1 heterocycles. The summed E-state index contributed by atoms with van der Waals surface area (Å²) in [5, 5.41) is 31.9. The predicted octanol–water partition coefficient (Wildman–Crippen LogP) is -0.634. The number of rotatable bonds is 6. The molecule has 1 saturated heterocycles. The van der Waals surface area contributed by atoms with Gasteiger partial charge in [0.1, 0.15) is 17.1 Å². The summed E-state index contributed by atoms with van der Waals surface area (Å²) in [6.45, 7) is 2.59. The molecule has 0 unspecified atom stereocenters. The van der Waals surface area contributed by atoms with Crippen molar-refractivity contribution in [3.8, 4) is 5.75 Å². The molecule has 182 valence electrons. The van der Waals surface area contributed by atoms with Crippen molar-refractivity contribution in [3.63, 3.8) is 0 Å². The molecule has 1 aliphatic rings. The van der Waals surface area contributed by atoms with Crippen LogP contribution in [0.4, 0.5) is 0 Å². The standard InChI is InChI=1S/C21H27NO6S.3H2O/c1-16(21(25,15-29(26,27)28)18-7-9-19(23)10-8-18)22-13-11-20(24,12-14-22)17-5-3-2-4-6-17;;;/h2-10,16,23-25H,11-15H2,1H3,(H,26,27,28);3*1H2/t16-,21-;;;/m0.../s1. The van der Waals surface area contributed by atoms with Crippen LogP contribution in [0.5, 0.6) is 5.75 Å². The highest BCUT2D eigenvalue weighted by molar-refractivity contribution is 7.85. The number of piperidine rings is 1. The molecule has 0 saturated carbocycles. The van der Waals surface area contributed by atoms with Crippen molar-refractivity contribution in [2.24, 2.45) is 0 Å². The Labute approximate surface area is 187 Å². The van der Waals surface area contributed by atoms with E-state index in [0.717, 1.165) is 5.56 Å². The summed E-state index contributed by atoms with van der Waals surface area (Å²) < 4.78 is 32.8. The van der Waals surface area contributed by atoms with Gasteiger partial charge in [-0.25, -0.2) is 0 Å². The van der Waals surface area contributed by atoms with E-state index >= 15 is 0 Å². The second kappa shape index (κ2) is 11.2. The maximum Gasteiger partial charge on any atom is 0.268 e. The molecular weight excluding hydrogens is 442 g/mol. The van der Waals surface area contributed by atoms with Crippen LogP contribution in [0.1, 0.15) is 30.9 Å². The van der Waals surface area contributed by atoms with Gasteiger partial charge in [-0.15, -0.1) is 0 Å². The van der Waals surface area contributed by atoms with Gasteiger partial charge in [0.25, 0.3) is 10.1 Å². The maximum absolute atomic E-state index is 11.7. The van der Waals surface area contributed by atoms with Gasteiger partial charge in [0.15, 0.2) is 0 Å². The average Bonchev–Trinajstić information content (AvgIpc) is 2.68. The van der Waals surface area contributed by atoms with Gasteiger partial charge < -0.3 is 31.7 Å². The van der Waals surface area contributed by atoms with Gasteiger partial charge in [0.2, 0.25) is 0 Å². The number of aliphatic hydroxyl groups is 2. The van der Waals surface area contributed by atoms with E-state index in [1.807, 2.05) is 35.2 Å². The van der Waals surface area contributed by atoms with Crippen molar-refractivity contribution >= 4 is 10.1 Å². The molecule has 0 spiro atoms. The van der Waals surface area contributed by atoms with Crippen molar-refractivity contribution < 1.29 is 44.7 Å². The number of hydrogen-bond donors (Lipinski definition) is 4. The zero-order valence-corrected chi connectivity index (χ0v) is 18.6. The van der Waals surface area contributed by atoms with Gasteiger partial charge in [-0.05, 0) is 43.0 Å².